The lowest BCUT2D eigenvalue weighted by molar-refractivity contribution is -0.135. The number of hydrogen-bond acceptors (Lipinski definition) is 3. The van der Waals surface area contributed by atoms with Crippen molar-refractivity contribution >= 4 is 11.8 Å². The first kappa shape index (κ1) is 24.5. The zero-order chi connectivity index (χ0) is 25.3. The molecule has 2 amide bonds. The molecule has 0 saturated heterocycles. The van der Waals surface area contributed by atoms with Crippen LogP contribution in [0.4, 0.5) is 4.39 Å². The molecule has 1 aliphatic rings. The minimum atomic E-state index is -0.620. The van der Waals surface area contributed by atoms with Gasteiger partial charge in [0.25, 0.3) is 5.91 Å². The van der Waals surface area contributed by atoms with Crippen LogP contribution < -0.4 is 4.74 Å². The third-order valence-electron chi connectivity index (χ3n) is 6.55. The van der Waals surface area contributed by atoms with E-state index in [0.29, 0.717) is 30.0 Å². The number of methoxy groups -OCH3 is 1. The van der Waals surface area contributed by atoms with Crippen molar-refractivity contribution in [2.45, 2.75) is 45.8 Å². The summed E-state index contributed by atoms with van der Waals surface area (Å²) in [6.07, 6.45) is 2.02. The monoisotopic (exact) mass is 477 g/mol. The molecule has 1 unspecified atom stereocenters. The van der Waals surface area contributed by atoms with E-state index < -0.39 is 5.54 Å². The highest BCUT2D eigenvalue weighted by Crippen LogP contribution is 2.37. The Kier molecular flexibility index (Phi) is 6.70. The second kappa shape index (κ2) is 9.56. The Morgan fingerprint density at radius 3 is 2.51 bits per heavy atom. The molecule has 0 N–H and O–H groups in total. The molecule has 0 bridgehead atoms. The fraction of sp³-hybridized carbons (Fsp3) is 0.357. The second-order valence-corrected chi connectivity index (χ2v) is 9.88. The van der Waals surface area contributed by atoms with Crippen molar-refractivity contribution in [3.63, 3.8) is 0 Å². The molecule has 0 fully saturated rings. The molecule has 1 aromatic heterocycles. The summed E-state index contributed by atoms with van der Waals surface area (Å²) in [5.41, 5.74) is 2.03. The molecular weight excluding hydrogens is 445 g/mol. The first-order chi connectivity index (χ1) is 16.6. The van der Waals surface area contributed by atoms with Crippen molar-refractivity contribution in [3.05, 3.63) is 89.0 Å². The van der Waals surface area contributed by atoms with E-state index in [4.69, 9.17) is 4.74 Å². The molecule has 6 nitrogen and oxygen atoms in total. The number of hydrogen-bond donors (Lipinski definition) is 0. The largest absolute Gasteiger partial charge is 0.496 e. The summed E-state index contributed by atoms with van der Waals surface area (Å²) in [7, 11) is 1.62. The van der Waals surface area contributed by atoms with Crippen LogP contribution in [0, 0.1) is 12.7 Å². The molecule has 0 saturated carbocycles. The Bertz CT molecular complexity index is 1240. The van der Waals surface area contributed by atoms with Crippen LogP contribution in [0.3, 0.4) is 0 Å². The Hall–Kier alpha value is -3.61. The molecule has 2 aromatic carbocycles. The summed E-state index contributed by atoms with van der Waals surface area (Å²) in [6.45, 7) is 8.39. The topological polar surface area (TPSA) is 54.8 Å². The van der Waals surface area contributed by atoms with Crippen LogP contribution in [-0.2, 0) is 11.3 Å². The van der Waals surface area contributed by atoms with Crippen molar-refractivity contribution in [3.8, 4) is 5.75 Å². The maximum atomic E-state index is 13.8. The van der Waals surface area contributed by atoms with Crippen molar-refractivity contribution in [1.82, 2.24) is 14.4 Å². The zero-order valence-corrected chi connectivity index (χ0v) is 20.9. The molecule has 1 aliphatic heterocycles. The summed E-state index contributed by atoms with van der Waals surface area (Å²) in [6, 6.07) is 15.7. The first-order valence-corrected chi connectivity index (χ1v) is 11.8. The lowest BCUT2D eigenvalue weighted by atomic mass is 9.98. The van der Waals surface area contributed by atoms with Gasteiger partial charge in [0.2, 0.25) is 5.91 Å². The summed E-state index contributed by atoms with van der Waals surface area (Å²) >= 11 is 0. The number of para-hydroxylation sites is 1. The van der Waals surface area contributed by atoms with Gasteiger partial charge in [0.15, 0.2) is 0 Å². The molecule has 35 heavy (non-hydrogen) atoms. The van der Waals surface area contributed by atoms with Crippen LogP contribution >= 0.6 is 0 Å². The molecule has 3 aromatic rings. The van der Waals surface area contributed by atoms with Crippen LogP contribution in [0.1, 0.15) is 54.0 Å². The van der Waals surface area contributed by atoms with Gasteiger partial charge in [0, 0.05) is 41.6 Å². The van der Waals surface area contributed by atoms with Gasteiger partial charge in [-0.05, 0) is 69.7 Å². The molecule has 2 heterocycles. The molecule has 0 radical (unpaired) electrons. The SMILES string of the molecule is COc1ccccc1C1c2cccn2CCN1C(=O)CN(C(=O)c1ccc(F)c(C)c1)C(C)(C)C. The van der Waals surface area contributed by atoms with E-state index in [0.717, 1.165) is 11.3 Å². The normalized spacial score (nSPS) is 15.5. The van der Waals surface area contributed by atoms with Crippen LogP contribution in [-0.4, -0.2) is 51.9 Å². The van der Waals surface area contributed by atoms with Crippen molar-refractivity contribution in [2.75, 3.05) is 20.2 Å². The van der Waals surface area contributed by atoms with Crippen molar-refractivity contribution < 1.29 is 18.7 Å². The van der Waals surface area contributed by atoms with Crippen molar-refractivity contribution in [1.29, 1.82) is 0 Å². The van der Waals surface area contributed by atoms with Gasteiger partial charge in [-0.15, -0.1) is 0 Å². The summed E-state index contributed by atoms with van der Waals surface area (Å²) in [4.78, 5) is 30.7. The summed E-state index contributed by atoms with van der Waals surface area (Å²) < 4.78 is 21.6. The number of nitrogens with zero attached hydrogens (tertiary/aromatic N) is 3. The van der Waals surface area contributed by atoms with Crippen LogP contribution in [0.15, 0.2) is 60.8 Å². The van der Waals surface area contributed by atoms with Gasteiger partial charge in [0.1, 0.15) is 24.2 Å². The van der Waals surface area contributed by atoms with Gasteiger partial charge in [-0.3, -0.25) is 9.59 Å². The molecule has 4 rings (SSSR count). The number of halogens is 1. The number of amides is 2. The van der Waals surface area contributed by atoms with E-state index in [1.165, 1.54) is 18.2 Å². The van der Waals surface area contributed by atoms with E-state index in [-0.39, 0.29) is 30.2 Å². The second-order valence-electron chi connectivity index (χ2n) is 9.88. The first-order valence-electron chi connectivity index (χ1n) is 11.8. The summed E-state index contributed by atoms with van der Waals surface area (Å²) in [5.74, 6) is -0.120. The van der Waals surface area contributed by atoms with E-state index >= 15 is 0 Å². The van der Waals surface area contributed by atoms with Gasteiger partial charge in [-0.25, -0.2) is 4.39 Å². The maximum absolute atomic E-state index is 13.8. The maximum Gasteiger partial charge on any atom is 0.254 e. The Morgan fingerprint density at radius 1 is 1.09 bits per heavy atom. The Morgan fingerprint density at radius 2 is 1.83 bits per heavy atom. The van der Waals surface area contributed by atoms with Crippen LogP contribution in [0.2, 0.25) is 0 Å². The highest BCUT2D eigenvalue weighted by atomic mass is 19.1. The van der Waals surface area contributed by atoms with Gasteiger partial charge in [-0.2, -0.15) is 0 Å². The van der Waals surface area contributed by atoms with E-state index in [1.807, 2.05) is 68.3 Å². The predicted octanol–water partition coefficient (Wildman–Crippen LogP) is 4.82. The molecule has 0 spiro atoms. The number of benzene rings is 2. The lowest BCUT2D eigenvalue weighted by Gasteiger charge is -2.41. The van der Waals surface area contributed by atoms with Gasteiger partial charge in [0.05, 0.1) is 7.11 Å². The third-order valence-corrected chi connectivity index (χ3v) is 6.55. The highest BCUT2D eigenvalue weighted by molar-refractivity contribution is 5.97. The number of carbonyl (C=O) groups excluding carboxylic acids is 2. The van der Waals surface area contributed by atoms with Crippen LogP contribution in [0.5, 0.6) is 5.75 Å². The predicted molar refractivity (Wildman–Crippen MR) is 133 cm³/mol. The third kappa shape index (κ3) is 4.81. The molecule has 7 heteroatoms. The number of aryl methyl sites for hydroxylation is 1. The number of rotatable bonds is 5. The highest BCUT2D eigenvalue weighted by Gasteiger charge is 2.37. The fourth-order valence-corrected chi connectivity index (χ4v) is 4.64. The Labute approximate surface area is 205 Å². The Balaban J connectivity index is 1.69. The smallest absolute Gasteiger partial charge is 0.254 e. The quantitative estimate of drug-likeness (QED) is 0.530. The number of ether oxygens (including phenoxy) is 1. The van der Waals surface area contributed by atoms with Gasteiger partial charge >= 0.3 is 0 Å². The summed E-state index contributed by atoms with van der Waals surface area (Å²) in [5, 5.41) is 0. The number of fused-ring (bicyclic) bond motifs is 1. The van der Waals surface area contributed by atoms with Gasteiger partial charge in [-0.1, -0.05) is 18.2 Å². The van der Waals surface area contributed by atoms with Crippen molar-refractivity contribution in [2.24, 2.45) is 0 Å². The molecular formula is C28H32FN3O3. The minimum Gasteiger partial charge on any atom is -0.496 e. The van der Waals surface area contributed by atoms with E-state index in [9.17, 15) is 14.0 Å². The van der Waals surface area contributed by atoms with E-state index in [2.05, 4.69) is 4.57 Å². The van der Waals surface area contributed by atoms with Gasteiger partial charge < -0.3 is 19.1 Å². The average molecular weight is 478 g/mol. The molecule has 1 atom stereocenters. The lowest BCUT2D eigenvalue weighted by Crippen LogP contribution is -2.53. The molecule has 184 valence electrons. The minimum absolute atomic E-state index is 0.0921. The average Bonchev–Trinajstić information content (AvgIpc) is 3.31. The number of carbonyl (C=O) groups is 2. The standard InChI is InChI=1S/C28H32FN3O3/c1-19-17-20(12-13-22(19)29)27(34)32(28(2,3)4)18-25(33)31-16-15-30-14-8-10-23(30)26(31)21-9-6-7-11-24(21)35-5/h6-14,17,26H,15-16,18H2,1-5H3. The number of aromatic nitrogens is 1. The molecule has 0 aliphatic carbocycles. The zero-order valence-electron chi connectivity index (χ0n) is 20.9. The van der Waals surface area contributed by atoms with Crippen LogP contribution in [0.25, 0.3) is 0 Å². The van der Waals surface area contributed by atoms with E-state index in [1.54, 1.807) is 18.9 Å². The fourth-order valence-electron chi connectivity index (χ4n) is 4.64.